The summed E-state index contributed by atoms with van der Waals surface area (Å²) in [6, 6.07) is 23.5. The van der Waals surface area contributed by atoms with E-state index in [-0.39, 0.29) is 17.7 Å². The second-order valence-corrected chi connectivity index (χ2v) is 8.35. The summed E-state index contributed by atoms with van der Waals surface area (Å²) >= 11 is 0. The molecule has 0 amide bonds. The molecule has 1 aliphatic rings. The molecule has 0 spiro atoms. The van der Waals surface area contributed by atoms with Gasteiger partial charge in [-0.2, -0.15) is 0 Å². The first-order valence-corrected chi connectivity index (χ1v) is 11.7. The third-order valence-electron chi connectivity index (χ3n) is 5.88. The SMILES string of the molecule is COc1ccc(CO[C@@H]2O[C@H](CO)[C@H](O)[C@H](OC(=O)c3ccccc3)[C@H]2OC(=O)c2ccccc2)cc1. The molecule has 1 fully saturated rings. The molecule has 5 atom stereocenters. The third kappa shape index (κ3) is 6.52. The highest BCUT2D eigenvalue weighted by atomic mass is 16.7. The van der Waals surface area contributed by atoms with E-state index in [9.17, 15) is 19.8 Å². The molecule has 2 N–H and O–H groups in total. The van der Waals surface area contributed by atoms with Crippen molar-refractivity contribution in [1.82, 2.24) is 0 Å². The van der Waals surface area contributed by atoms with E-state index < -0.39 is 49.3 Å². The summed E-state index contributed by atoms with van der Waals surface area (Å²) in [4.78, 5) is 25.8. The Morgan fingerprint density at radius 1 is 0.811 bits per heavy atom. The lowest BCUT2D eigenvalue weighted by atomic mass is 9.98. The Morgan fingerprint density at radius 3 is 1.86 bits per heavy atom. The number of hydrogen-bond acceptors (Lipinski definition) is 9. The summed E-state index contributed by atoms with van der Waals surface area (Å²) < 4.78 is 28.2. The molecule has 0 unspecified atom stereocenters. The van der Waals surface area contributed by atoms with Gasteiger partial charge in [-0.15, -0.1) is 0 Å². The van der Waals surface area contributed by atoms with Crippen LogP contribution < -0.4 is 4.74 Å². The first-order chi connectivity index (χ1) is 18.0. The number of carbonyl (C=O) groups excluding carboxylic acids is 2. The summed E-state index contributed by atoms with van der Waals surface area (Å²) in [6.07, 6.45) is -6.62. The Morgan fingerprint density at radius 2 is 1.35 bits per heavy atom. The average molecular weight is 509 g/mol. The van der Waals surface area contributed by atoms with Crippen molar-refractivity contribution in [3.8, 4) is 5.75 Å². The molecule has 194 valence electrons. The van der Waals surface area contributed by atoms with Crippen LogP contribution in [-0.2, 0) is 25.6 Å². The minimum atomic E-state index is -1.49. The van der Waals surface area contributed by atoms with Crippen LogP contribution in [0.2, 0.25) is 0 Å². The zero-order valence-electron chi connectivity index (χ0n) is 20.1. The maximum Gasteiger partial charge on any atom is 0.338 e. The molecule has 9 nitrogen and oxygen atoms in total. The Balaban J connectivity index is 1.60. The van der Waals surface area contributed by atoms with E-state index in [0.29, 0.717) is 5.75 Å². The molecule has 0 saturated carbocycles. The zero-order chi connectivity index (χ0) is 26.2. The Bertz CT molecular complexity index is 1150. The maximum absolute atomic E-state index is 12.9. The third-order valence-corrected chi connectivity index (χ3v) is 5.88. The van der Waals surface area contributed by atoms with Crippen LogP contribution in [0.5, 0.6) is 5.75 Å². The fourth-order valence-electron chi connectivity index (χ4n) is 3.87. The number of ether oxygens (including phenoxy) is 5. The number of aliphatic hydroxyl groups excluding tert-OH is 2. The molecule has 0 bridgehead atoms. The van der Waals surface area contributed by atoms with Crippen LogP contribution in [0.1, 0.15) is 26.3 Å². The van der Waals surface area contributed by atoms with Gasteiger partial charge in [0.05, 0.1) is 31.5 Å². The van der Waals surface area contributed by atoms with Crippen LogP contribution in [0.4, 0.5) is 0 Å². The standard InChI is InChI=1S/C28H28O9/c1-33-21-14-12-18(13-15-21)17-34-28-25(37-27(32)20-10-6-3-7-11-20)24(23(30)22(16-29)35-28)36-26(31)19-8-4-2-5-9-19/h2-15,22-25,28-30H,16-17H2,1H3/t22-,23+,24+,25-,28-/m1/s1. The fraction of sp³-hybridized carbons (Fsp3) is 0.286. The Labute approximate surface area is 214 Å². The molecule has 1 heterocycles. The van der Waals surface area contributed by atoms with Crippen molar-refractivity contribution in [1.29, 1.82) is 0 Å². The van der Waals surface area contributed by atoms with E-state index in [4.69, 9.17) is 23.7 Å². The van der Waals surface area contributed by atoms with Gasteiger partial charge < -0.3 is 33.9 Å². The van der Waals surface area contributed by atoms with E-state index in [1.54, 1.807) is 92.0 Å². The summed E-state index contributed by atoms with van der Waals surface area (Å²) in [7, 11) is 1.56. The van der Waals surface area contributed by atoms with Crippen LogP contribution in [0, 0.1) is 0 Å². The summed E-state index contributed by atoms with van der Waals surface area (Å²) in [6.45, 7) is -0.538. The minimum absolute atomic E-state index is 0.0433. The highest BCUT2D eigenvalue weighted by Crippen LogP contribution is 2.29. The van der Waals surface area contributed by atoms with Gasteiger partial charge in [0, 0.05) is 0 Å². The highest BCUT2D eigenvalue weighted by molar-refractivity contribution is 5.90. The molecular formula is C28H28O9. The monoisotopic (exact) mass is 508 g/mol. The van der Waals surface area contributed by atoms with Crippen molar-refractivity contribution in [3.05, 3.63) is 102 Å². The van der Waals surface area contributed by atoms with Crippen LogP contribution >= 0.6 is 0 Å². The van der Waals surface area contributed by atoms with Crippen molar-refractivity contribution in [2.75, 3.05) is 13.7 Å². The predicted molar refractivity (Wildman–Crippen MR) is 131 cm³/mol. The van der Waals surface area contributed by atoms with Crippen molar-refractivity contribution in [3.63, 3.8) is 0 Å². The van der Waals surface area contributed by atoms with Gasteiger partial charge in [0.1, 0.15) is 18.0 Å². The number of rotatable bonds is 9. The van der Waals surface area contributed by atoms with Crippen LogP contribution in [0.15, 0.2) is 84.9 Å². The second-order valence-electron chi connectivity index (χ2n) is 8.35. The van der Waals surface area contributed by atoms with Gasteiger partial charge in [0.2, 0.25) is 0 Å². The summed E-state index contributed by atoms with van der Waals surface area (Å²) in [5.74, 6) is -0.788. The van der Waals surface area contributed by atoms with Crippen LogP contribution in [0.25, 0.3) is 0 Å². The van der Waals surface area contributed by atoms with Gasteiger partial charge in [-0.25, -0.2) is 9.59 Å². The Kier molecular flexibility index (Phi) is 8.86. The van der Waals surface area contributed by atoms with Gasteiger partial charge in [-0.1, -0.05) is 48.5 Å². The highest BCUT2D eigenvalue weighted by Gasteiger charge is 2.50. The quantitative estimate of drug-likeness (QED) is 0.420. The average Bonchev–Trinajstić information content (AvgIpc) is 2.95. The normalized spacial score (nSPS) is 23.2. The number of carbonyl (C=O) groups is 2. The predicted octanol–water partition coefficient (Wildman–Crippen LogP) is 2.74. The van der Waals surface area contributed by atoms with Crippen molar-refractivity contribution in [2.24, 2.45) is 0 Å². The molecule has 0 aliphatic carbocycles. The summed E-state index contributed by atoms with van der Waals surface area (Å²) in [5, 5.41) is 20.8. The van der Waals surface area contributed by atoms with E-state index >= 15 is 0 Å². The summed E-state index contributed by atoms with van der Waals surface area (Å²) in [5.41, 5.74) is 1.26. The fourth-order valence-corrected chi connectivity index (χ4v) is 3.87. The van der Waals surface area contributed by atoms with Crippen molar-refractivity contribution >= 4 is 11.9 Å². The van der Waals surface area contributed by atoms with Gasteiger partial charge >= 0.3 is 11.9 Å². The number of esters is 2. The number of benzene rings is 3. The van der Waals surface area contributed by atoms with E-state index in [1.165, 1.54) is 0 Å². The largest absolute Gasteiger partial charge is 0.497 e. The van der Waals surface area contributed by atoms with Gasteiger partial charge in [0.15, 0.2) is 18.5 Å². The maximum atomic E-state index is 12.9. The van der Waals surface area contributed by atoms with Gasteiger partial charge in [-0.05, 0) is 42.0 Å². The minimum Gasteiger partial charge on any atom is -0.497 e. The molecular weight excluding hydrogens is 480 g/mol. The lowest BCUT2D eigenvalue weighted by Crippen LogP contribution is -2.61. The molecule has 9 heteroatoms. The first kappa shape index (κ1) is 26.3. The molecule has 37 heavy (non-hydrogen) atoms. The van der Waals surface area contributed by atoms with Crippen LogP contribution in [-0.4, -0.2) is 66.6 Å². The lowest BCUT2D eigenvalue weighted by Gasteiger charge is -2.42. The Hall–Kier alpha value is -3.76. The van der Waals surface area contributed by atoms with Gasteiger partial charge in [0.25, 0.3) is 0 Å². The van der Waals surface area contributed by atoms with Gasteiger partial charge in [-0.3, -0.25) is 0 Å². The molecule has 0 aromatic heterocycles. The molecule has 0 radical (unpaired) electrons. The van der Waals surface area contributed by atoms with E-state index in [2.05, 4.69) is 0 Å². The second kappa shape index (κ2) is 12.5. The molecule has 3 aromatic carbocycles. The number of methoxy groups -OCH3 is 1. The molecule has 1 saturated heterocycles. The molecule has 4 rings (SSSR count). The van der Waals surface area contributed by atoms with Crippen molar-refractivity contribution < 1.29 is 43.5 Å². The number of aliphatic hydroxyl groups is 2. The zero-order valence-corrected chi connectivity index (χ0v) is 20.1. The lowest BCUT2D eigenvalue weighted by molar-refractivity contribution is -0.302. The number of hydrogen-bond donors (Lipinski definition) is 2. The van der Waals surface area contributed by atoms with E-state index in [1.807, 2.05) is 0 Å². The van der Waals surface area contributed by atoms with E-state index in [0.717, 1.165) is 5.56 Å². The van der Waals surface area contributed by atoms with Crippen LogP contribution in [0.3, 0.4) is 0 Å². The molecule has 1 aliphatic heterocycles. The van der Waals surface area contributed by atoms with Crippen molar-refractivity contribution in [2.45, 2.75) is 37.3 Å². The first-order valence-electron chi connectivity index (χ1n) is 11.7. The molecule has 3 aromatic rings. The topological polar surface area (TPSA) is 121 Å². The smallest absolute Gasteiger partial charge is 0.338 e.